The van der Waals surface area contributed by atoms with Crippen molar-refractivity contribution >= 4 is 34.2 Å². The fourth-order valence-corrected chi connectivity index (χ4v) is 1.37. The topological polar surface area (TPSA) is 13.1 Å². The van der Waals surface area contributed by atoms with Crippen molar-refractivity contribution < 1.29 is 4.42 Å². The van der Waals surface area contributed by atoms with Crippen LogP contribution in [0.5, 0.6) is 0 Å². The predicted molar refractivity (Wildman–Crippen MR) is 46.2 cm³/mol. The van der Waals surface area contributed by atoms with Crippen molar-refractivity contribution in [1.82, 2.24) is 0 Å². The molecule has 0 radical (unpaired) electrons. The fraction of sp³-hybridized carbons (Fsp3) is 0. The number of fused-ring (bicyclic) bond motifs is 1. The van der Waals surface area contributed by atoms with Gasteiger partial charge in [0.15, 0.2) is 0 Å². The minimum Gasteiger partial charge on any atom is -0.464 e. The Hall–Kier alpha value is -0.660. The van der Waals surface area contributed by atoms with Crippen molar-refractivity contribution in [3.8, 4) is 0 Å². The Kier molecular flexibility index (Phi) is 1.55. The molecule has 0 saturated heterocycles. The van der Waals surface area contributed by atoms with Crippen LogP contribution in [0, 0.1) is 0 Å². The summed E-state index contributed by atoms with van der Waals surface area (Å²) in [5.41, 5.74) is 0.763. The number of furan rings is 1. The number of benzene rings is 1. The van der Waals surface area contributed by atoms with Crippen LogP contribution in [0.15, 0.2) is 28.9 Å². The molecule has 0 amide bonds. The molecule has 0 fully saturated rings. The Balaban J connectivity index is 2.93. The molecule has 3 heteroatoms. The minimum atomic E-state index is 0.554. The Labute approximate surface area is 73.5 Å². The van der Waals surface area contributed by atoms with Gasteiger partial charge < -0.3 is 4.42 Å². The third kappa shape index (κ3) is 1.01. The van der Waals surface area contributed by atoms with Crippen molar-refractivity contribution in [3.05, 3.63) is 34.5 Å². The lowest BCUT2D eigenvalue weighted by Gasteiger charge is -1.94. The highest BCUT2D eigenvalue weighted by molar-refractivity contribution is 6.45. The number of rotatable bonds is 0. The van der Waals surface area contributed by atoms with E-state index in [1.165, 1.54) is 0 Å². The van der Waals surface area contributed by atoms with E-state index in [1.54, 1.807) is 24.5 Å². The monoisotopic (exact) mass is 186 g/mol. The number of halogens is 2. The maximum Gasteiger partial charge on any atom is 0.135 e. The molecular formula is C8H4Cl2O. The summed E-state index contributed by atoms with van der Waals surface area (Å²) in [6.07, 6.45) is 1.59. The Morgan fingerprint density at radius 1 is 1.09 bits per heavy atom. The first-order valence-corrected chi connectivity index (χ1v) is 3.86. The molecule has 0 saturated carbocycles. The second-order valence-corrected chi connectivity index (χ2v) is 2.98. The summed E-state index contributed by atoms with van der Waals surface area (Å²) in [7, 11) is 0. The van der Waals surface area contributed by atoms with E-state index in [0.29, 0.717) is 10.0 Å². The maximum absolute atomic E-state index is 5.88. The van der Waals surface area contributed by atoms with Crippen molar-refractivity contribution in [2.24, 2.45) is 0 Å². The molecule has 0 bridgehead atoms. The molecule has 0 unspecified atom stereocenters. The number of hydrogen-bond acceptors (Lipinski definition) is 1. The van der Waals surface area contributed by atoms with Gasteiger partial charge in [-0.1, -0.05) is 23.2 Å². The quantitative estimate of drug-likeness (QED) is 0.612. The fourth-order valence-electron chi connectivity index (χ4n) is 0.982. The lowest BCUT2D eigenvalue weighted by molar-refractivity contribution is 0.616. The predicted octanol–water partition coefficient (Wildman–Crippen LogP) is 3.74. The molecule has 11 heavy (non-hydrogen) atoms. The molecule has 1 aromatic carbocycles. The molecular weight excluding hydrogens is 183 g/mol. The second-order valence-electron chi connectivity index (χ2n) is 2.19. The number of hydrogen-bond donors (Lipinski definition) is 0. The van der Waals surface area contributed by atoms with Gasteiger partial charge in [0.05, 0.1) is 16.3 Å². The molecule has 0 aliphatic rings. The summed E-state index contributed by atoms with van der Waals surface area (Å²) in [5.74, 6) is 0. The highest BCUT2D eigenvalue weighted by atomic mass is 35.5. The van der Waals surface area contributed by atoms with E-state index in [2.05, 4.69) is 0 Å². The van der Waals surface area contributed by atoms with Crippen molar-refractivity contribution in [1.29, 1.82) is 0 Å². The maximum atomic E-state index is 5.88. The van der Waals surface area contributed by atoms with E-state index in [-0.39, 0.29) is 0 Å². The van der Waals surface area contributed by atoms with E-state index >= 15 is 0 Å². The van der Waals surface area contributed by atoms with Crippen LogP contribution in [0.1, 0.15) is 0 Å². The van der Waals surface area contributed by atoms with Gasteiger partial charge in [-0.15, -0.1) is 0 Å². The van der Waals surface area contributed by atoms with Gasteiger partial charge in [0.25, 0.3) is 0 Å². The van der Waals surface area contributed by atoms with Gasteiger partial charge in [-0.05, 0) is 18.2 Å². The van der Waals surface area contributed by atoms with Gasteiger partial charge in [0.1, 0.15) is 5.58 Å². The molecule has 56 valence electrons. The molecule has 0 aliphatic heterocycles. The normalized spacial score (nSPS) is 10.7. The molecule has 0 spiro atoms. The minimum absolute atomic E-state index is 0.554. The molecule has 1 nitrogen and oxygen atoms in total. The van der Waals surface area contributed by atoms with Gasteiger partial charge in [0.2, 0.25) is 0 Å². The summed E-state index contributed by atoms with van der Waals surface area (Å²) in [5, 5.41) is 1.97. The van der Waals surface area contributed by atoms with Crippen molar-refractivity contribution in [3.63, 3.8) is 0 Å². The molecule has 0 N–H and O–H groups in total. The molecule has 1 aromatic heterocycles. The molecule has 1 heterocycles. The molecule has 0 atom stereocenters. The Bertz CT molecular complexity index is 392. The van der Waals surface area contributed by atoms with Crippen LogP contribution in [0.4, 0.5) is 0 Å². The summed E-state index contributed by atoms with van der Waals surface area (Å²) in [4.78, 5) is 0. The average Bonchev–Trinajstić information content (AvgIpc) is 2.45. The highest BCUT2D eigenvalue weighted by Crippen LogP contribution is 2.30. The zero-order chi connectivity index (χ0) is 7.84. The molecule has 2 rings (SSSR count). The van der Waals surface area contributed by atoms with Crippen LogP contribution < -0.4 is 0 Å². The standard InChI is InChI=1S/C8H4Cl2O/c9-6-1-2-7-5(8(6)10)3-4-11-7/h1-4H. The van der Waals surface area contributed by atoms with Crippen LogP contribution in [0.25, 0.3) is 11.0 Å². The van der Waals surface area contributed by atoms with E-state index in [0.717, 1.165) is 11.0 Å². The third-order valence-electron chi connectivity index (χ3n) is 1.52. The first-order chi connectivity index (χ1) is 5.29. The van der Waals surface area contributed by atoms with Gasteiger partial charge in [-0.25, -0.2) is 0 Å². The van der Waals surface area contributed by atoms with Crippen LogP contribution in [0.3, 0.4) is 0 Å². The van der Waals surface area contributed by atoms with Crippen molar-refractivity contribution in [2.45, 2.75) is 0 Å². The highest BCUT2D eigenvalue weighted by Gasteiger charge is 2.04. The van der Waals surface area contributed by atoms with Gasteiger partial charge in [-0.2, -0.15) is 0 Å². The largest absolute Gasteiger partial charge is 0.464 e. The average molecular weight is 187 g/mol. The van der Waals surface area contributed by atoms with E-state index in [9.17, 15) is 0 Å². The first-order valence-electron chi connectivity index (χ1n) is 3.10. The summed E-state index contributed by atoms with van der Waals surface area (Å²) >= 11 is 11.6. The van der Waals surface area contributed by atoms with Crippen LogP contribution >= 0.6 is 23.2 Å². The zero-order valence-electron chi connectivity index (χ0n) is 5.47. The SMILES string of the molecule is Clc1ccc2occc2c1Cl. The summed E-state index contributed by atoms with van der Waals surface area (Å²) < 4.78 is 5.11. The molecule has 0 aliphatic carbocycles. The zero-order valence-corrected chi connectivity index (χ0v) is 6.99. The lowest BCUT2D eigenvalue weighted by atomic mass is 10.2. The molecule has 2 aromatic rings. The third-order valence-corrected chi connectivity index (χ3v) is 2.34. The van der Waals surface area contributed by atoms with Crippen LogP contribution in [-0.2, 0) is 0 Å². The van der Waals surface area contributed by atoms with E-state index < -0.39 is 0 Å². The van der Waals surface area contributed by atoms with Crippen LogP contribution in [-0.4, -0.2) is 0 Å². The first kappa shape index (κ1) is 7.01. The van der Waals surface area contributed by atoms with Gasteiger partial charge in [-0.3, -0.25) is 0 Å². The van der Waals surface area contributed by atoms with Crippen molar-refractivity contribution in [2.75, 3.05) is 0 Å². The Morgan fingerprint density at radius 2 is 1.91 bits per heavy atom. The van der Waals surface area contributed by atoms with Crippen LogP contribution in [0.2, 0.25) is 10.0 Å². The lowest BCUT2D eigenvalue weighted by Crippen LogP contribution is -1.68. The summed E-state index contributed by atoms with van der Waals surface area (Å²) in [6.45, 7) is 0. The Morgan fingerprint density at radius 3 is 2.73 bits per heavy atom. The van der Waals surface area contributed by atoms with Gasteiger partial charge >= 0.3 is 0 Å². The second kappa shape index (κ2) is 2.43. The summed E-state index contributed by atoms with van der Waals surface area (Å²) in [6, 6.07) is 5.31. The van der Waals surface area contributed by atoms with E-state index in [1.807, 2.05) is 0 Å². The van der Waals surface area contributed by atoms with Gasteiger partial charge in [0, 0.05) is 5.39 Å². The smallest absolute Gasteiger partial charge is 0.135 e. The van der Waals surface area contributed by atoms with E-state index in [4.69, 9.17) is 27.6 Å².